The van der Waals surface area contributed by atoms with Crippen molar-refractivity contribution in [3.05, 3.63) is 72.8 Å². The molecule has 0 spiro atoms. The van der Waals surface area contributed by atoms with Gasteiger partial charge in [0.15, 0.2) is 0 Å². The molecule has 6 nitrogen and oxygen atoms in total. The van der Waals surface area contributed by atoms with Crippen molar-refractivity contribution in [2.75, 3.05) is 10.5 Å². The lowest BCUT2D eigenvalue weighted by atomic mass is 10.1. The smallest absolute Gasteiger partial charge is 0.261 e. The number of carbonyl (C=O) groups excluding carboxylic acids is 1. The zero-order valence-electron chi connectivity index (χ0n) is 15.5. The van der Waals surface area contributed by atoms with Crippen LogP contribution < -0.4 is 9.83 Å². The van der Waals surface area contributed by atoms with E-state index in [1.165, 1.54) is 12.1 Å². The second-order valence-electron chi connectivity index (χ2n) is 6.59. The summed E-state index contributed by atoms with van der Waals surface area (Å²) < 4.78 is 28.7. The number of carboxylic acids is 1. The van der Waals surface area contributed by atoms with Crippen LogP contribution in [0.5, 0.6) is 5.75 Å². The van der Waals surface area contributed by atoms with Gasteiger partial charge in [-0.2, -0.15) is 0 Å². The molecular formula is C22H16NO5S2-. The Labute approximate surface area is 177 Å². The summed E-state index contributed by atoms with van der Waals surface area (Å²) in [4.78, 5) is 11.2. The topological polar surface area (TPSA) is 107 Å². The summed E-state index contributed by atoms with van der Waals surface area (Å²) in [6, 6.07) is 20.5. The number of phenols is 1. The van der Waals surface area contributed by atoms with Crippen LogP contribution in [0.15, 0.2) is 82.6 Å². The Kier molecular flexibility index (Phi) is 5.27. The molecule has 4 aromatic carbocycles. The monoisotopic (exact) mass is 438 g/mol. The molecule has 4 rings (SSSR count). The second kappa shape index (κ2) is 7.89. The maximum absolute atomic E-state index is 13.1. The minimum Gasteiger partial charge on any atom is -0.549 e. The van der Waals surface area contributed by atoms with E-state index < -0.39 is 16.0 Å². The second-order valence-corrected chi connectivity index (χ2v) is 9.29. The fourth-order valence-corrected chi connectivity index (χ4v) is 5.03. The van der Waals surface area contributed by atoms with E-state index in [-0.39, 0.29) is 27.0 Å². The number of aromatic hydroxyl groups is 1. The Balaban J connectivity index is 1.79. The fourth-order valence-electron chi connectivity index (χ4n) is 3.20. The molecule has 0 unspecified atom stereocenters. The molecule has 30 heavy (non-hydrogen) atoms. The number of fused-ring (bicyclic) bond motifs is 2. The van der Waals surface area contributed by atoms with Crippen LogP contribution >= 0.6 is 11.8 Å². The van der Waals surface area contributed by atoms with E-state index in [2.05, 4.69) is 4.72 Å². The third-order valence-corrected chi connectivity index (χ3v) is 6.97. The number of rotatable bonds is 6. The average Bonchev–Trinajstić information content (AvgIpc) is 2.74. The zero-order valence-corrected chi connectivity index (χ0v) is 17.2. The van der Waals surface area contributed by atoms with Crippen molar-refractivity contribution >= 4 is 55.0 Å². The van der Waals surface area contributed by atoms with Gasteiger partial charge in [0.25, 0.3) is 10.0 Å². The van der Waals surface area contributed by atoms with Crippen molar-refractivity contribution < 1.29 is 23.4 Å². The van der Waals surface area contributed by atoms with Gasteiger partial charge in [0.2, 0.25) is 0 Å². The summed E-state index contributed by atoms with van der Waals surface area (Å²) in [5.74, 6) is -1.76. The van der Waals surface area contributed by atoms with Gasteiger partial charge in [0, 0.05) is 16.5 Å². The number of aliphatic carboxylic acids is 1. The number of carboxylic acid groups (broad SMARTS) is 1. The van der Waals surface area contributed by atoms with Gasteiger partial charge in [-0.1, -0.05) is 54.6 Å². The minimum atomic E-state index is -3.93. The van der Waals surface area contributed by atoms with Gasteiger partial charge in [-0.15, -0.1) is 11.8 Å². The highest BCUT2D eigenvalue weighted by Crippen LogP contribution is 2.40. The van der Waals surface area contributed by atoms with Gasteiger partial charge >= 0.3 is 0 Å². The Morgan fingerprint density at radius 3 is 2.33 bits per heavy atom. The summed E-state index contributed by atoms with van der Waals surface area (Å²) in [5, 5.41) is 24.0. The molecule has 0 bridgehead atoms. The van der Waals surface area contributed by atoms with E-state index in [9.17, 15) is 23.4 Å². The molecule has 0 aliphatic rings. The summed E-state index contributed by atoms with van der Waals surface area (Å²) in [6.45, 7) is 0. The lowest BCUT2D eigenvalue weighted by molar-refractivity contribution is -0.301. The van der Waals surface area contributed by atoms with Crippen molar-refractivity contribution in [1.82, 2.24) is 0 Å². The summed E-state index contributed by atoms with van der Waals surface area (Å²) in [6.07, 6.45) is 0. The Hall–Kier alpha value is -3.23. The normalized spacial score (nSPS) is 11.6. The highest BCUT2D eigenvalue weighted by molar-refractivity contribution is 8.00. The molecule has 0 amide bonds. The van der Waals surface area contributed by atoms with Crippen molar-refractivity contribution in [2.24, 2.45) is 0 Å². The van der Waals surface area contributed by atoms with Crippen LogP contribution in [0.3, 0.4) is 0 Å². The van der Waals surface area contributed by atoms with Crippen LogP contribution in [0, 0.1) is 0 Å². The Morgan fingerprint density at radius 1 is 0.933 bits per heavy atom. The predicted molar refractivity (Wildman–Crippen MR) is 116 cm³/mol. The molecule has 0 atom stereocenters. The summed E-state index contributed by atoms with van der Waals surface area (Å²) in [7, 11) is -3.93. The fraction of sp³-hybridized carbons (Fsp3) is 0.0455. The van der Waals surface area contributed by atoms with Crippen LogP contribution in [0.25, 0.3) is 21.5 Å². The first-order valence-electron chi connectivity index (χ1n) is 8.94. The molecule has 2 N–H and O–H groups in total. The number of carbonyl (C=O) groups is 1. The molecule has 0 aromatic heterocycles. The van der Waals surface area contributed by atoms with Gasteiger partial charge in [0.05, 0.1) is 21.4 Å². The number of phenolic OH excluding ortho intramolecular Hbond substituents is 1. The molecule has 152 valence electrons. The minimum absolute atomic E-state index is 0.0993. The van der Waals surface area contributed by atoms with Gasteiger partial charge in [-0.05, 0) is 29.0 Å². The Bertz CT molecular complexity index is 1380. The van der Waals surface area contributed by atoms with Crippen LogP contribution in [0.1, 0.15) is 0 Å². The highest BCUT2D eigenvalue weighted by Gasteiger charge is 2.19. The van der Waals surface area contributed by atoms with Gasteiger partial charge in [0.1, 0.15) is 5.75 Å². The SMILES string of the molecule is O=C([O-])CSc1cc(NS(=O)(=O)c2ccc3ccccc3c2)c2ccccc2c1O. The van der Waals surface area contributed by atoms with E-state index in [1.807, 2.05) is 24.3 Å². The number of anilines is 1. The van der Waals surface area contributed by atoms with E-state index in [4.69, 9.17) is 0 Å². The molecular weight excluding hydrogens is 422 g/mol. The standard InChI is InChI=1S/C22H17NO5S2/c24-21(25)13-29-20-12-19(17-7-3-4-8-18(17)22(20)26)23-30(27,28)16-10-9-14-5-1-2-6-15(14)11-16/h1-12,23,26H,13H2,(H,24,25)/p-1. The van der Waals surface area contributed by atoms with Crippen LogP contribution in [0.4, 0.5) is 5.69 Å². The first kappa shape index (κ1) is 20.1. The molecule has 0 aliphatic carbocycles. The molecule has 8 heteroatoms. The first-order chi connectivity index (χ1) is 14.3. The van der Waals surface area contributed by atoms with Crippen LogP contribution in [0.2, 0.25) is 0 Å². The van der Waals surface area contributed by atoms with Crippen molar-refractivity contribution in [3.63, 3.8) is 0 Å². The van der Waals surface area contributed by atoms with Gasteiger partial charge in [-0.3, -0.25) is 4.72 Å². The van der Waals surface area contributed by atoms with Crippen LogP contribution in [-0.4, -0.2) is 25.2 Å². The van der Waals surface area contributed by atoms with Crippen molar-refractivity contribution in [3.8, 4) is 5.75 Å². The zero-order chi connectivity index (χ0) is 21.3. The Morgan fingerprint density at radius 2 is 1.60 bits per heavy atom. The van der Waals surface area contributed by atoms with Gasteiger partial charge < -0.3 is 15.0 Å². The molecule has 0 radical (unpaired) electrons. The summed E-state index contributed by atoms with van der Waals surface area (Å²) >= 11 is 0.861. The lowest BCUT2D eigenvalue weighted by Gasteiger charge is -2.15. The van der Waals surface area contributed by atoms with E-state index >= 15 is 0 Å². The lowest BCUT2D eigenvalue weighted by Crippen LogP contribution is -2.24. The van der Waals surface area contributed by atoms with E-state index in [1.54, 1.807) is 36.4 Å². The van der Waals surface area contributed by atoms with E-state index in [0.29, 0.717) is 10.8 Å². The number of benzene rings is 4. The van der Waals surface area contributed by atoms with Crippen LogP contribution in [-0.2, 0) is 14.8 Å². The molecule has 4 aromatic rings. The summed E-state index contributed by atoms with van der Waals surface area (Å²) in [5.41, 5.74) is 0.248. The number of hydrogen-bond donors (Lipinski definition) is 2. The number of sulfonamides is 1. The van der Waals surface area contributed by atoms with E-state index in [0.717, 1.165) is 22.5 Å². The maximum Gasteiger partial charge on any atom is 0.261 e. The number of hydrogen-bond acceptors (Lipinski definition) is 6. The maximum atomic E-state index is 13.1. The van der Waals surface area contributed by atoms with Crippen molar-refractivity contribution in [1.29, 1.82) is 0 Å². The third-order valence-electron chi connectivity index (χ3n) is 4.60. The highest BCUT2D eigenvalue weighted by atomic mass is 32.2. The molecule has 0 heterocycles. The predicted octanol–water partition coefficient (Wildman–Crippen LogP) is 3.34. The molecule has 0 aliphatic heterocycles. The van der Waals surface area contributed by atoms with Crippen molar-refractivity contribution in [2.45, 2.75) is 9.79 Å². The molecule has 0 fully saturated rings. The third kappa shape index (κ3) is 3.92. The largest absolute Gasteiger partial charge is 0.549 e. The number of nitrogens with one attached hydrogen (secondary N) is 1. The first-order valence-corrected chi connectivity index (χ1v) is 11.4. The molecule has 0 saturated carbocycles. The van der Waals surface area contributed by atoms with Gasteiger partial charge in [-0.25, -0.2) is 8.42 Å². The number of thioether (sulfide) groups is 1. The average molecular weight is 439 g/mol. The quantitative estimate of drug-likeness (QED) is 0.353. The molecule has 0 saturated heterocycles.